The van der Waals surface area contributed by atoms with Gasteiger partial charge in [0.15, 0.2) is 5.76 Å². The largest absolute Gasteiger partial charge is 0.456 e. The fraction of sp³-hybridized carbons (Fsp3) is 0.0833. The predicted molar refractivity (Wildman–Crippen MR) is 72.9 cm³/mol. The van der Waals surface area contributed by atoms with Gasteiger partial charge in [0, 0.05) is 5.02 Å². The van der Waals surface area contributed by atoms with E-state index >= 15 is 0 Å². The quantitative estimate of drug-likeness (QED) is 0.866. The van der Waals surface area contributed by atoms with Gasteiger partial charge in [0.1, 0.15) is 5.76 Å². The van der Waals surface area contributed by atoms with E-state index in [0.29, 0.717) is 16.5 Å². The van der Waals surface area contributed by atoms with E-state index < -0.39 is 5.91 Å². The van der Waals surface area contributed by atoms with Crippen molar-refractivity contribution in [2.45, 2.75) is 6.92 Å². The first-order valence-electron chi connectivity index (χ1n) is 4.99. The van der Waals surface area contributed by atoms with E-state index in [9.17, 15) is 4.79 Å². The van der Waals surface area contributed by atoms with Gasteiger partial charge in [0.2, 0.25) is 0 Å². The van der Waals surface area contributed by atoms with Crippen LogP contribution in [0.4, 0.5) is 5.69 Å². The van der Waals surface area contributed by atoms with Crippen molar-refractivity contribution in [3.63, 3.8) is 0 Å². The average Bonchev–Trinajstić information content (AvgIpc) is 2.70. The highest BCUT2D eigenvalue weighted by Crippen LogP contribution is 2.33. The molecule has 3 nitrogen and oxygen atoms in total. The predicted octanol–water partition coefficient (Wildman–Crippen LogP) is 4.80. The second-order valence-corrected chi connectivity index (χ2v) is 4.86. The molecule has 18 heavy (non-hydrogen) atoms. The minimum Gasteiger partial charge on any atom is -0.456 e. The summed E-state index contributed by atoms with van der Waals surface area (Å²) in [4.78, 5) is 11.9. The van der Waals surface area contributed by atoms with Gasteiger partial charge in [-0.2, -0.15) is 0 Å². The summed E-state index contributed by atoms with van der Waals surface area (Å²) in [5.74, 6) is 0.414. The number of aryl methyl sites for hydroxylation is 1. The zero-order valence-electron chi connectivity index (χ0n) is 9.26. The molecule has 0 spiro atoms. The maximum Gasteiger partial charge on any atom is 0.291 e. The molecule has 0 saturated carbocycles. The summed E-state index contributed by atoms with van der Waals surface area (Å²) in [5, 5.41) is 3.52. The number of amides is 1. The molecule has 1 aromatic heterocycles. The number of carbonyl (C=O) groups is 1. The lowest BCUT2D eigenvalue weighted by Crippen LogP contribution is -2.11. The van der Waals surface area contributed by atoms with Gasteiger partial charge in [-0.3, -0.25) is 4.79 Å². The molecule has 94 valence electrons. The Balaban J connectivity index is 2.27. The van der Waals surface area contributed by atoms with Crippen molar-refractivity contribution in [3.8, 4) is 0 Å². The smallest absolute Gasteiger partial charge is 0.291 e. The summed E-state index contributed by atoms with van der Waals surface area (Å²) in [5.41, 5.74) is 0.307. The third-order valence-corrected chi connectivity index (χ3v) is 3.02. The Morgan fingerprint density at radius 2 is 1.78 bits per heavy atom. The van der Waals surface area contributed by atoms with Crippen LogP contribution in [0.15, 0.2) is 28.7 Å². The van der Waals surface area contributed by atoms with E-state index in [4.69, 9.17) is 39.2 Å². The third-order valence-electron chi connectivity index (χ3n) is 2.21. The topological polar surface area (TPSA) is 42.2 Å². The summed E-state index contributed by atoms with van der Waals surface area (Å²) in [6.45, 7) is 1.75. The van der Waals surface area contributed by atoms with Crippen LogP contribution in [0.5, 0.6) is 0 Å². The maximum atomic E-state index is 11.9. The fourth-order valence-electron chi connectivity index (χ4n) is 1.39. The van der Waals surface area contributed by atoms with Crippen molar-refractivity contribution in [2.24, 2.45) is 0 Å². The molecule has 1 N–H and O–H groups in total. The third kappa shape index (κ3) is 2.80. The molecule has 0 aliphatic carbocycles. The second-order valence-electron chi connectivity index (χ2n) is 3.61. The number of carbonyl (C=O) groups excluding carboxylic acids is 1. The molecule has 2 aromatic rings. The van der Waals surface area contributed by atoms with Crippen LogP contribution in [0.1, 0.15) is 16.3 Å². The first-order chi connectivity index (χ1) is 8.47. The highest BCUT2D eigenvalue weighted by Gasteiger charge is 2.15. The number of rotatable bonds is 2. The van der Waals surface area contributed by atoms with Gasteiger partial charge in [-0.05, 0) is 31.2 Å². The SMILES string of the molecule is Cc1ccc(C(=O)Nc2c(Cl)cc(Cl)cc2Cl)o1. The van der Waals surface area contributed by atoms with Crippen molar-refractivity contribution in [1.82, 2.24) is 0 Å². The fourth-order valence-corrected chi connectivity index (χ4v) is 2.30. The number of hydrogen-bond acceptors (Lipinski definition) is 2. The van der Waals surface area contributed by atoms with Gasteiger partial charge < -0.3 is 9.73 Å². The molecule has 0 radical (unpaired) electrons. The van der Waals surface area contributed by atoms with Crippen molar-refractivity contribution in [1.29, 1.82) is 0 Å². The molecule has 1 amide bonds. The zero-order valence-corrected chi connectivity index (χ0v) is 11.5. The lowest BCUT2D eigenvalue weighted by atomic mass is 10.3. The molecule has 0 saturated heterocycles. The van der Waals surface area contributed by atoms with Crippen molar-refractivity contribution in [3.05, 3.63) is 50.9 Å². The van der Waals surface area contributed by atoms with Crippen LogP contribution in [-0.2, 0) is 0 Å². The first kappa shape index (κ1) is 13.3. The summed E-state index contributed by atoms with van der Waals surface area (Å²) >= 11 is 17.7. The molecule has 2 rings (SSSR count). The van der Waals surface area contributed by atoms with E-state index in [2.05, 4.69) is 5.32 Å². The Kier molecular flexibility index (Phi) is 3.85. The molecule has 0 atom stereocenters. The number of halogens is 3. The van der Waals surface area contributed by atoms with Gasteiger partial charge in [0.05, 0.1) is 15.7 Å². The monoisotopic (exact) mass is 303 g/mol. The second kappa shape index (κ2) is 5.22. The van der Waals surface area contributed by atoms with Crippen LogP contribution >= 0.6 is 34.8 Å². The molecule has 1 aromatic carbocycles. The Labute approximate surface area is 119 Å². The molecular weight excluding hydrogens is 296 g/mol. The highest BCUT2D eigenvalue weighted by atomic mass is 35.5. The van der Waals surface area contributed by atoms with Crippen molar-refractivity contribution < 1.29 is 9.21 Å². The summed E-state index contributed by atoms with van der Waals surface area (Å²) < 4.78 is 5.20. The Morgan fingerprint density at radius 3 is 2.28 bits per heavy atom. The minimum absolute atomic E-state index is 0.189. The van der Waals surface area contributed by atoms with Gasteiger partial charge in [-0.15, -0.1) is 0 Å². The number of nitrogens with one attached hydrogen (secondary N) is 1. The zero-order chi connectivity index (χ0) is 13.3. The van der Waals surface area contributed by atoms with Gasteiger partial charge in [-0.1, -0.05) is 34.8 Å². The first-order valence-corrected chi connectivity index (χ1v) is 6.13. The van der Waals surface area contributed by atoms with E-state index in [-0.39, 0.29) is 15.8 Å². The molecule has 6 heteroatoms. The van der Waals surface area contributed by atoms with Crippen LogP contribution in [0, 0.1) is 6.92 Å². The molecule has 1 heterocycles. The van der Waals surface area contributed by atoms with Gasteiger partial charge >= 0.3 is 0 Å². The highest BCUT2D eigenvalue weighted by molar-refractivity contribution is 6.42. The van der Waals surface area contributed by atoms with Crippen molar-refractivity contribution >= 4 is 46.4 Å². The molecular formula is C12H8Cl3NO2. The van der Waals surface area contributed by atoms with E-state index in [1.165, 1.54) is 12.1 Å². The summed E-state index contributed by atoms with van der Waals surface area (Å²) in [7, 11) is 0. The Bertz CT molecular complexity index is 584. The number of benzene rings is 1. The van der Waals surface area contributed by atoms with Crippen LogP contribution in [-0.4, -0.2) is 5.91 Å². The number of anilines is 1. The number of furan rings is 1. The van der Waals surface area contributed by atoms with Gasteiger partial charge in [0.25, 0.3) is 5.91 Å². The van der Waals surface area contributed by atoms with Crippen LogP contribution in [0.2, 0.25) is 15.1 Å². The average molecular weight is 305 g/mol. The normalized spacial score (nSPS) is 10.4. The molecule has 0 aliphatic rings. The lowest BCUT2D eigenvalue weighted by Gasteiger charge is -2.08. The molecule has 0 aliphatic heterocycles. The summed E-state index contributed by atoms with van der Waals surface area (Å²) in [6, 6.07) is 6.26. The van der Waals surface area contributed by atoms with Gasteiger partial charge in [-0.25, -0.2) is 0 Å². The lowest BCUT2D eigenvalue weighted by molar-refractivity contribution is 0.0995. The minimum atomic E-state index is -0.422. The van der Waals surface area contributed by atoms with Crippen molar-refractivity contribution in [2.75, 3.05) is 5.32 Å². The van der Waals surface area contributed by atoms with Crippen LogP contribution < -0.4 is 5.32 Å². The molecule has 0 bridgehead atoms. The van der Waals surface area contributed by atoms with E-state index in [1.807, 2.05) is 0 Å². The van der Waals surface area contributed by atoms with E-state index in [1.54, 1.807) is 19.1 Å². The van der Waals surface area contributed by atoms with Crippen LogP contribution in [0.25, 0.3) is 0 Å². The standard InChI is InChI=1S/C12H8Cl3NO2/c1-6-2-3-10(18-6)12(17)16-11-8(14)4-7(13)5-9(11)15/h2-5H,1H3,(H,16,17). The summed E-state index contributed by atoms with van der Waals surface area (Å²) in [6.07, 6.45) is 0. The molecule has 0 fully saturated rings. The Hall–Kier alpha value is -1.16. The number of hydrogen-bond donors (Lipinski definition) is 1. The van der Waals surface area contributed by atoms with Crippen LogP contribution in [0.3, 0.4) is 0 Å². The van der Waals surface area contributed by atoms with E-state index in [0.717, 1.165) is 0 Å². The maximum absolute atomic E-state index is 11.9. The molecule has 0 unspecified atom stereocenters. The Morgan fingerprint density at radius 1 is 1.17 bits per heavy atom.